The second-order valence-corrected chi connectivity index (χ2v) is 7.15. The Hall–Kier alpha value is -3.33. The van der Waals surface area contributed by atoms with Crippen LogP contribution in [0.1, 0.15) is 21.5 Å². The Bertz CT molecular complexity index is 974. The van der Waals surface area contributed by atoms with E-state index in [9.17, 15) is 9.59 Å². The van der Waals surface area contributed by atoms with E-state index in [4.69, 9.17) is 0 Å². The van der Waals surface area contributed by atoms with Crippen molar-refractivity contribution >= 4 is 34.1 Å². The van der Waals surface area contributed by atoms with Crippen molar-refractivity contribution in [2.75, 3.05) is 23.7 Å². The van der Waals surface area contributed by atoms with Crippen LogP contribution in [0.4, 0.5) is 10.9 Å². The molecule has 1 aromatic carbocycles. The number of rotatable bonds is 5. The highest BCUT2D eigenvalue weighted by atomic mass is 32.1. The van der Waals surface area contributed by atoms with Crippen LogP contribution < -0.4 is 10.6 Å². The molecule has 28 heavy (non-hydrogen) atoms. The average molecular weight is 394 g/mol. The fourth-order valence-corrected chi connectivity index (χ4v) is 3.46. The zero-order valence-corrected chi connectivity index (χ0v) is 15.8. The predicted molar refractivity (Wildman–Crippen MR) is 106 cm³/mol. The first kappa shape index (κ1) is 18.1. The van der Waals surface area contributed by atoms with Gasteiger partial charge < -0.3 is 10.2 Å². The second kappa shape index (κ2) is 8.13. The van der Waals surface area contributed by atoms with E-state index in [1.54, 1.807) is 17.6 Å². The van der Waals surface area contributed by atoms with Crippen molar-refractivity contribution in [2.45, 2.75) is 13.0 Å². The van der Waals surface area contributed by atoms with E-state index in [1.165, 1.54) is 28.7 Å². The molecule has 8 nitrogen and oxygen atoms in total. The number of pyridine rings is 1. The molecular weight excluding hydrogens is 376 g/mol. The van der Waals surface area contributed by atoms with Gasteiger partial charge in [-0.25, -0.2) is 4.98 Å². The molecule has 9 heteroatoms. The molecule has 0 atom stereocenters. The molecule has 0 unspecified atom stereocenters. The van der Waals surface area contributed by atoms with Gasteiger partial charge in [-0.05, 0) is 29.7 Å². The number of carbonyl (C=O) groups excluding carboxylic acids is 2. The van der Waals surface area contributed by atoms with Crippen molar-refractivity contribution in [1.82, 2.24) is 20.1 Å². The predicted octanol–water partition coefficient (Wildman–Crippen LogP) is 2.18. The fourth-order valence-electron chi connectivity index (χ4n) is 3.02. The lowest BCUT2D eigenvalue weighted by atomic mass is 10.00. The average Bonchev–Trinajstić information content (AvgIpc) is 3.25. The van der Waals surface area contributed by atoms with Crippen molar-refractivity contribution in [3.05, 3.63) is 64.8 Å². The lowest BCUT2D eigenvalue weighted by molar-refractivity contribution is -0.130. The van der Waals surface area contributed by atoms with Crippen LogP contribution in [0, 0.1) is 0 Å². The van der Waals surface area contributed by atoms with E-state index in [0.717, 1.165) is 13.0 Å². The van der Waals surface area contributed by atoms with Gasteiger partial charge >= 0.3 is 0 Å². The molecule has 2 aromatic heterocycles. The van der Waals surface area contributed by atoms with E-state index < -0.39 is 0 Å². The lowest BCUT2D eigenvalue weighted by Gasteiger charge is -2.29. The standard InChI is InChI=1S/C19H18N6O2S/c26-17(25-8-7-13-3-1-2-4-15(13)11-25)10-21-16-6-5-14(9-20-16)18(27)23-19-24-22-12-28-19/h1-6,9,12H,7-8,10-11H2,(H,20,21)(H,23,24,27). The molecule has 0 bridgehead atoms. The normalized spacial score (nSPS) is 12.9. The molecule has 4 rings (SSSR count). The van der Waals surface area contributed by atoms with Crippen molar-refractivity contribution in [3.8, 4) is 0 Å². The molecule has 142 valence electrons. The lowest BCUT2D eigenvalue weighted by Crippen LogP contribution is -2.39. The van der Waals surface area contributed by atoms with Crippen LogP contribution in [-0.4, -0.2) is 45.0 Å². The number of amides is 2. The third-order valence-electron chi connectivity index (χ3n) is 4.51. The largest absolute Gasteiger partial charge is 0.361 e. The zero-order chi connectivity index (χ0) is 19.3. The summed E-state index contributed by atoms with van der Waals surface area (Å²) in [6, 6.07) is 11.5. The van der Waals surface area contributed by atoms with Crippen molar-refractivity contribution < 1.29 is 9.59 Å². The number of aromatic nitrogens is 3. The molecule has 2 amide bonds. The molecule has 0 radical (unpaired) electrons. The summed E-state index contributed by atoms with van der Waals surface area (Å²) >= 11 is 1.24. The minimum atomic E-state index is -0.307. The first-order valence-corrected chi connectivity index (χ1v) is 9.69. The van der Waals surface area contributed by atoms with Gasteiger partial charge in [0.1, 0.15) is 11.3 Å². The smallest absolute Gasteiger partial charge is 0.259 e. The van der Waals surface area contributed by atoms with Gasteiger partial charge in [-0.1, -0.05) is 35.6 Å². The van der Waals surface area contributed by atoms with Gasteiger partial charge in [-0.2, -0.15) is 0 Å². The van der Waals surface area contributed by atoms with Crippen molar-refractivity contribution in [2.24, 2.45) is 0 Å². The molecule has 3 aromatic rings. The van der Waals surface area contributed by atoms with Crippen LogP contribution in [0.2, 0.25) is 0 Å². The summed E-state index contributed by atoms with van der Waals surface area (Å²) in [6.07, 6.45) is 2.33. The summed E-state index contributed by atoms with van der Waals surface area (Å²) in [6.45, 7) is 1.51. The number of hydrogen-bond acceptors (Lipinski definition) is 7. The third-order valence-corrected chi connectivity index (χ3v) is 5.12. The molecule has 1 aliphatic rings. The van der Waals surface area contributed by atoms with E-state index in [-0.39, 0.29) is 18.4 Å². The van der Waals surface area contributed by atoms with Crippen molar-refractivity contribution in [1.29, 1.82) is 0 Å². The molecule has 0 saturated heterocycles. The number of nitrogens with one attached hydrogen (secondary N) is 2. The quantitative estimate of drug-likeness (QED) is 0.688. The molecule has 0 fully saturated rings. The van der Waals surface area contributed by atoms with Gasteiger partial charge in [-0.15, -0.1) is 10.2 Å². The first-order chi connectivity index (χ1) is 13.7. The highest BCUT2D eigenvalue weighted by Gasteiger charge is 2.20. The number of hydrogen-bond donors (Lipinski definition) is 2. The molecule has 3 heterocycles. The van der Waals surface area contributed by atoms with Crippen LogP contribution in [-0.2, 0) is 17.8 Å². The van der Waals surface area contributed by atoms with E-state index in [2.05, 4.69) is 37.9 Å². The topological polar surface area (TPSA) is 100 Å². The van der Waals surface area contributed by atoms with Crippen LogP contribution in [0.5, 0.6) is 0 Å². The highest BCUT2D eigenvalue weighted by molar-refractivity contribution is 7.13. The van der Waals surface area contributed by atoms with E-state index in [1.807, 2.05) is 17.0 Å². The van der Waals surface area contributed by atoms with Crippen molar-refractivity contribution in [3.63, 3.8) is 0 Å². The molecule has 0 spiro atoms. The number of benzene rings is 1. The molecule has 0 saturated carbocycles. The van der Waals surface area contributed by atoms with Crippen LogP contribution >= 0.6 is 11.3 Å². The monoisotopic (exact) mass is 394 g/mol. The number of carbonyl (C=O) groups is 2. The summed E-state index contributed by atoms with van der Waals surface area (Å²) in [5.41, 5.74) is 4.45. The first-order valence-electron chi connectivity index (χ1n) is 8.81. The number of nitrogens with zero attached hydrogens (tertiary/aromatic N) is 4. The Morgan fingerprint density at radius 1 is 1.14 bits per heavy atom. The Morgan fingerprint density at radius 3 is 2.75 bits per heavy atom. The molecule has 0 aliphatic carbocycles. The van der Waals surface area contributed by atoms with E-state index >= 15 is 0 Å². The van der Waals surface area contributed by atoms with Crippen LogP contribution in [0.15, 0.2) is 48.1 Å². The zero-order valence-electron chi connectivity index (χ0n) is 15.0. The van der Waals surface area contributed by atoms with Crippen LogP contribution in [0.3, 0.4) is 0 Å². The maximum absolute atomic E-state index is 12.5. The summed E-state index contributed by atoms with van der Waals surface area (Å²) in [4.78, 5) is 30.7. The highest BCUT2D eigenvalue weighted by Crippen LogP contribution is 2.18. The summed E-state index contributed by atoms with van der Waals surface area (Å²) < 4.78 is 0. The number of anilines is 2. The summed E-state index contributed by atoms with van der Waals surface area (Å²) in [7, 11) is 0. The fraction of sp³-hybridized carbons (Fsp3) is 0.211. The molecular formula is C19H18N6O2S. The van der Waals surface area contributed by atoms with Gasteiger partial charge in [0, 0.05) is 19.3 Å². The Labute approximate surface area is 165 Å². The SMILES string of the molecule is O=C(Nc1nncs1)c1ccc(NCC(=O)N2CCc3ccccc3C2)nc1. The summed E-state index contributed by atoms with van der Waals surface area (Å²) in [5, 5.41) is 13.5. The summed E-state index contributed by atoms with van der Waals surface area (Å²) in [5.74, 6) is 0.256. The third kappa shape index (κ3) is 4.15. The minimum Gasteiger partial charge on any atom is -0.361 e. The van der Waals surface area contributed by atoms with Gasteiger partial charge in [0.25, 0.3) is 5.91 Å². The maximum atomic E-state index is 12.5. The van der Waals surface area contributed by atoms with Crippen LogP contribution in [0.25, 0.3) is 0 Å². The maximum Gasteiger partial charge on any atom is 0.259 e. The van der Waals surface area contributed by atoms with Gasteiger partial charge in [0.15, 0.2) is 0 Å². The van der Waals surface area contributed by atoms with Gasteiger partial charge in [0.05, 0.1) is 12.1 Å². The molecule has 1 aliphatic heterocycles. The minimum absolute atomic E-state index is 0.0226. The molecule has 2 N–H and O–H groups in total. The van der Waals surface area contributed by atoms with E-state index in [0.29, 0.717) is 23.1 Å². The van der Waals surface area contributed by atoms with Gasteiger partial charge in [0.2, 0.25) is 11.0 Å². The van der Waals surface area contributed by atoms with Gasteiger partial charge in [-0.3, -0.25) is 14.9 Å². The second-order valence-electron chi connectivity index (χ2n) is 6.32. The Kier molecular flexibility index (Phi) is 5.24. The number of fused-ring (bicyclic) bond motifs is 1. The Morgan fingerprint density at radius 2 is 2.00 bits per heavy atom. The Balaban J connectivity index is 1.30.